The molecule has 114 valence electrons. The Hall–Kier alpha value is -2.36. The molecule has 0 amide bonds. The average Bonchev–Trinajstić information content (AvgIpc) is 2.74. The maximum Gasteiger partial charge on any atom is 0.180 e. The Kier molecular flexibility index (Phi) is 3.61. The number of ether oxygens (including phenoxy) is 1. The molecule has 0 aliphatic carbocycles. The van der Waals surface area contributed by atoms with Crippen molar-refractivity contribution in [3.63, 3.8) is 0 Å². The lowest BCUT2D eigenvalue weighted by Gasteiger charge is -2.12. The molecule has 0 spiro atoms. The summed E-state index contributed by atoms with van der Waals surface area (Å²) in [6.45, 7) is 8.23. The fraction of sp³-hybridized carbons (Fsp3) is 0.278. The van der Waals surface area contributed by atoms with Crippen LogP contribution in [-0.2, 0) is 6.61 Å². The van der Waals surface area contributed by atoms with Crippen LogP contribution in [0.4, 0.5) is 4.39 Å². The first kappa shape index (κ1) is 14.6. The van der Waals surface area contributed by atoms with E-state index in [0.29, 0.717) is 6.61 Å². The molecule has 0 saturated carbocycles. The molecule has 3 rings (SSSR count). The minimum absolute atomic E-state index is 0.208. The molecule has 1 aromatic carbocycles. The minimum Gasteiger partial charge on any atom is -0.485 e. The van der Waals surface area contributed by atoms with Crippen molar-refractivity contribution in [1.82, 2.24) is 9.38 Å². The van der Waals surface area contributed by atoms with Crippen molar-refractivity contribution in [2.45, 2.75) is 34.3 Å². The zero-order valence-electron chi connectivity index (χ0n) is 13.3. The molecule has 3 nitrogen and oxygen atoms in total. The Morgan fingerprint density at radius 1 is 1.14 bits per heavy atom. The smallest absolute Gasteiger partial charge is 0.180 e. The van der Waals surface area contributed by atoms with Gasteiger partial charge in [0.2, 0.25) is 0 Å². The fourth-order valence-electron chi connectivity index (χ4n) is 2.70. The number of fused-ring (bicyclic) bond motifs is 1. The van der Waals surface area contributed by atoms with Crippen LogP contribution >= 0.6 is 0 Å². The first-order chi connectivity index (χ1) is 10.5. The van der Waals surface area contributed by atoms with Gasteiger partial charge >= 0.3 is 0 Å². The molecule has 0 saturated heterocycles. The lowest BCUT2D eigenvalue weighted by molar-refractivity contribution is 0.306. The van der Waals surface area contributed by atoms with Crippen LogP contribution in [0.15, 0.2) is 30.5 Å². The number of aryl methyl sites for hydroxylation is 4. The standard InChI is InChI=1S/C18H19FN2O/c1-11-8-15(19)9-12(2)16(11)10-22-17-6-5-7-21-14(4)13(3)20-18(17)21/h5-9H,10H2,1-4H3. The van der Waals surface area contributed by atoms with Crippen LogP contribution in [0, 0.1) is 33.5 Å². The molecule has 4 heteroatoms. The third-order valence-electron chi connectivity index (χ3n) is 4.12. The van der Waals surface area contributed by atoms with E-state index in [1.54, 1.807) is 0 Å². The average molecular weight is 298 g/mol. The van der Waals surface area contributed by atoms with Crippen LogP contribution in [0.25, 0.3) is 5.65 Å². The summed E-state index contributed by atoms with van der Waals surface area (Å²) in [7, 11) is 0. The Balaban J connectivity index is 1.94. The molecule has 0 atom stereocenters. The summed E-state index contributed by atoms with van der Waals surface area (Å²) in [6, 6.07) is 6.93. The first-order valence-corrected chi connectivity index (χ1v) is 7.30. The van der Waals surface area contributed by atoms with Crippen LogP contribution < -0.4 is 4.74 Å². The SMILES string of the molecule is Cc1cc(F)cc(C)c1COc1cccn2c(C)c(C)nc12. The lowest BCUT2D eigenvalue weighted by Crippen LogP contribution is -2.03. The highest BCUT2D eigenvalue weighted by atomic mass is 19.1. The van der Waals surface area contributed by atoms with Crippen LogP contribution in [-0.4, -0.2) is 9.38 Å². The monoisotopic (exact) mass is 298 g/mol. The molecule has 2 aromatic heterocycles. The molecule has 0 radical (unpaired) electrons. The number of imidazole rings is 1. The van der Waals surface area contributed by atoms with E-state index in [2.05, 4.69) is 4.98 Å². The Bertz CT molecular complexity index is 829. The Labute approximate surface area is 129 Å². The Morgan fingerprint density at radius 2 is 1.82 bits per heavy atom. The van der Waals surface area contributed by atoms with Crippen molar-refractivity contribution in [1.29, 1.82) is 0 Å². The quantitative estimate of drug-likeness (QED) is 0.721. The first-order valence-electron chi connectivity index (χ1n) is 7.30. The maximum absolute atomic E-state index is 13.4. The zero-order valence-corrected chi connectivity index (χ0v) is 13.3. The van der Waals surface area contributed by atoms with Crippen LogP contribution in [0.2, 0.25) is 0 Å². The summed E-state index contributed by atoms with van der Waals surface area (Å²) in [4.78, 5) is 4.56. The number of rotatable bonds is 3. The summed E-state index contributed by atoms with van der Waals surface area (Å²) in [5.74, 6) is 0.530. The van der Waals surface area contributed by atoms with E-state index in [4.69, 9.17) is 4.74 Å². The van der Waals surface area contributed by atoms with Crippen LogP contribution in [0.3, 0.4) is 0 Å². The van der Waals surface area contributed by atoms with Crippen molar-refractivity contribution >= 4 is 5.65 Å². The number of pyridine rings is 1. The van der Waals surface area contributed by atoms with Crippen molar-refractivity contribution in [3.8, 4) is 5.75 Å². The molecular formula is C18H19FN2O. The van der Waals surface area contributed by atoms with E-state index >= 15 is 0 Å². The van der Waals surface area contributed by atoms with Gasteiger partial charge < -0.3 is 9.14 Å². The van der Waals surface area contributed by atoms with Crippen LogP contribution in [0.5, 0.6) is 5.75 Å². The number of hydrogen-bond acceptors (Lipinski definition) is 2. The van der Waals surface area contributed by atoms with Crippen molar-refractivity contribution in [2.24, 2.45) is 0 Å². The summed E-state index contributed by atoms with van der Waals surface area (Å²) in [5, 5.41) is 0. The Morgan fingerprint density at radius 3 is 2.50 bits per heavy atom. The normalized spacial score (nSPS) is 11.1. The summed E-state index contributed by atoms with van der Waals surface area (Å²) < 4.78 is 21.4. The molecule has 3 aromatic rings. The summed E-state index contributed by atoms with van der Waals surface area (Å²) in [5.41, 5.74) is 5.73. The van der Waals surface area contributed by atoms with Gasteiger partial charge in [-0.05, 0) is 68.7 Å². The second-order valence-corrected chi connectivity index (χ2v) is 5.66. The molecule has 0 fully saturated rings. The predicted molar refractivity (Wildman–Crippen MR) is 84.9 cm³/mol. The lowest BCUT2D eigenvalue weighted by atomic mass is 10.0. The summed E-state index contributed by atoms with van der Waals surface area (Å²) in [6.07, 6.45) is 1.98. The van der Waals surface area contributed by atoms with Gasteiger partial charge in [0, 0.05) is 11.9 Å². The highest BCUT2D eigenvalue weighted by Gasteiger charge is 2.11. The molecule has 2 heterocycles. The van der Waals surface area contributed by atoms with E-state index in [9.17, 15) is 4.39 Å². The van der Waals surface area contributed by atoms with Gasteiger partial charge in [-0.3, -0.25) is 0 Å². The van der Waals surface area contributed by atoms with Gasteiger partial charge in [0.1, 0.15) is 12.4 Å². The molecule has 0 aliphatic heterocycles. The van der Waals surface area contributed by atoms with Crippen molar-refractivity contribution in [3.05, 3.63) is 64.4 Å². The van der Waals surface area contributed by atoms with Gasteiger partial charge in [0.15, 0.2) is 11.4 Å². The minimum atomic E-state index is -0.208. The second kappa shape index (κ2) is 5.44. The van der Waals surface area contributed by atoms with Gasteiger partial charge in [0.25, 0.3) is 0 Å². The molecule has 0 N–H and O–H groups in total. The predicted octanol–water partition coefficient (Wildman–Crippen LogP) is 4.29. The molecular weight excluding hydrogens is 279 g/mol. The molecule has 0 aliphatic rings. The van der Waals surface area contributed by atoms with E-state index in [0.717, 1.165) is 39.5 Å². The van der Waals surface area contributed by atoms with Crippen molar-refractivity contribution in [2.75, 3.05) is 0 Å². The van der Waals surface area contributed by atoms with Gasteiger partial charge in [-0.25, -0.2) is 9.37 Å². The number of benzene rings is 1. The van der Waals surface area contributed by atoms with Gasteiger partial charge in [-0.2, -0.15) is 0 Å². The number of aromatic nitrogens is 2. The highest BCUT2D eigenvalue weighted by molar-refractivity contribution is 5.56. The van der Waals surface area contributed by atoms with E-state index < -0.39 is 0 Å². The van der Waals surface area contributed by atoms with E-state index in [1.807, 2.05) is 50.4 Å². The third-order valence-corrected chi connectivity index (χ3v) is 4.12. The summed E-state index contributed by atoms with van der Waals surface area (Å²) >= 11 is 0. The molecule has 0 bridgehead atoms. The number of halogens is 1. The largest absolute Gasteiger partial charge is 0.485 e. The van der Waals surface area contributed by atoms with Crippen molar-refractivity contribution < 1.29 is 9.13 Å². The molecule has 0 unspecified atom stereocenters. The topological polar surface area (TPSA) is 26.5 Å². The molecule has 22 heavy (non-hydrogen) atoms. The zero-order chi connectivity index (χ0) is 15.9. The van der Waals surface area contributed by atoms with Crippen LogP contribution in [0.1, 0.15) is 28.1 Å². The highest BCUT2D eigenvalue weighted by Crippen LogP contribution is 2.24. The van der Waals surface area contributed by atoms with Gasteiger partial charge in [-0.1, -0.05) is 0 Å². The number of hydrogen-bond donors (Lipinski definition) is 0. The van der Waals surface area contributed by atoms with Gasteiger partial charge in [0.05, 0.1) is 5.69 Å². The number of nitrogens with zero attached hydrogens (tertiary/aromatic N) is 2. The third kappa shape index (κ3) is 2.45. The maximum atomic E-state index is 13.4. The second-order valence-electron chi connectivity index (χ2n) is 5.66. The van der Waals surface area contributed by atoms with E-state index in [1.165, 1.54) is 12.1 Å². The van der Waals surface area contributed by atoms with Gasteiger partial charge in [-0.15, -0.1) is 0 Å². The fourth-order valence-corrected chi connectivity index (χ4v) is 2.70. The van der Waals surface area contributed by atoms with E-state index in [-0.39, 0.29) is 5.82 Å².